The Morgan fingerprint density at radius 3 is 2.92 bits per heavy atom. The van der Waals surface area contributed by atoms with Crippen LogP contribution >= 0.6 is 11.3 Å². The van der Waals surface area contributed by atoms with Gasteiger partial charge in [-0.25, -0.2) is 0 Å². The molecule has 0 saturated carbocycles. The fourth-order valence-corrected chi connectivity index (χ4v) is 2.29. The standard InChI is InChI=1S/C10H8N2S/c1-6-2-3-7(5-11)8-4-9(12)13-10(6)8/h2-4H,12H2,1H3. The molecule has 2 rings (SSSR count). The summed E-state index contributed by atoms with van der Waals surface area (Å²) in [5, 5.41) is 10.6. The van der Waals surface area contributed by atoms with Crippen molar-refractivity contribution in [1.82, 2.24) is 0 Å². The van der Waals surface area contributed by atoms with Crippen LogP contribution in [-0.4, -0.2) is 0 Å². The summed E-state index contributed by atoms with van der Waals surface area (Å²) in [6.45, 7) is 2.03. The number of aryl methyl sites for hydroxylation is 1. The van der Waals surface area contributed by atoms with E-state index in [9.17, 15) is 0 Å². The van der Waals surface area contributed by atoms with Gasteiger partial charge in [-0.2, -0.15) is 5.26 Å². The van der Waals surface area contributed by atoms with E-state index in [1.807, 2.05) is 25.1 Å². The Labute approximate surface area is 80.2 Å². The van der Waals surface area contributed by atoms with Crippen molar-refractivity contribution in [3.05, 3.63) is 29.3 Å². The zero-order valence-corrected chi connectivity index (χ0v) is 7.98. The van der Waals surface area contributed by atoms with Crippen molar-refractivity contribution >= 4 is 26.4 Å². The molecule has 1 heterocycles. The molecule has 0 unspecified atom stereocenters. The highest BCUT2D eigenvalue weighted by Gasteiger charge is 2.06. The Kier molecular flexibility index (Phi) is 1.71. The Balaban J connectivity index is 2.94. The number of nitrogen functional groups attached to an aromatic ring is 1. The van der Waals surface area contributed by atoms with Gasteiger partial charge in [0.05, 0.1) is 16.6 Å². The van der Waals surface area contributed by atoms with Gasteiger partial charge in [-0.05, 0) is 24.6 Å². The van der Waals surface area contributed by atoms with Crippen LogP contribution in [0.1, 0.15) is 11.1 Å². The molecule has 64 valence electrons. The topological polar surface area (TPSA) is 49.8 Å². The highest BCUT2D eigenvalue weighted by Crippen LogP contribution is 2.32. The summed E-state index contributed by atoms with van der Waals surface area (Å²) in [7, 11) is 0. The molecule has 0 radical (unpaired) electrons. The first-order valence-corrected chi connectivity index (χ1v) is 4.73. The summed E-state index contributed by atoms with van der Waals surface area (Å²) < 4.78 is 1.12. The van der Waals surface area contributed by atoms with Crippen LogP contribution in [0.3, 0.4) is 0 Å². The molecule has 0 atom stereocenters. The Morgan fingerprint density at radius 1 is 1.46 bits per heavy atom. The van der Waals surface area contributed by atoms with Gasteiger partial charge in [-0.3, -0.25) is 0 Å². The van der Waals surface area contributed by atoms with E-state index in [-0.39, 0.29) is 0 Å². The molecular weight excluding hydrogens is 180 g/mol. The van der Waals surface area contributed by atoms with Crippen LogP contribution in [0.4, 0.5) is 5.00 Å². The van der Waals surface area contributed by atoms with Crippen molar-refractivity contribution in [1.29, 1.82) is 5.26 Å². The molecule has 0 bridgehead atoms. The molecule has 2 nitrogen and oxygen atoms in total. The second kappa shape index (κ2) is 2.75. The van der Waals surface area contributed by atoms with Crippen LogP contribution in [0, 0.1) is 18.3 Å². The molecule has 0 spiro atoms. The lowest BCUT2D eigenvalue weighted by molar-refractivity contribution is 1.49. The van der Waals surface area contributed by atoms with Gasteiger partial charge in [0.15, 0.2) is 0 Å². The third-order valence-electron chi connectivity index (χ3n) is 2.02. The minimum absolute atomic E-state index is 0.702. The Hall–Kier alpha value is -1.53. The molecule has 1 aromatic carbocycles. The van der Waals surface area contributed by atoms with E-state index in [2.05, 4.69) is 6.07 Å². The lowest BCUT2D eigenvalue weighted by Crippen LogP contribution is -1.77. The maximum absolute atomic E-state index is 8.85. The van der Waals surface area contributed by atoms with Gasteiger partial charge in [-0.1, -0.05) is 6.07 Å². The van der Waals surface area contributed by atoms with E-state index in [0.29, 0.717) is 5.56 Å². The maximum Gasteiger partial charge on any atom is 0.0998 e. The van der Waals surface area contributed by atoms with Gasteiger partial charge < -0.3 is 5.73 Å². The zero-order chi connectivity index (χ0) is 9.42. The van der Waals surface area contributed by atoms with Crippen molar-refractivity contribution in [3.63, 3.8) is 0 Å². The zero-order valence-electron chi connectivity index (χ0n) is 7.16. The van der Waals surface area contributed by atoms with Crippen LogP contribution in [0.5, 0.6) is 0 Å². The molecule has 0 fully saturated rings. The fourth-order valence-electron chi connectivity index (χ4n) is 1.37. The Morgan fingerprint density at radius 2 is 2.23 bits per heavy atom. The molecule has 0 saturated heterocycles. The van der Waals surface area contributed by atoms with Gasteiger partial charge in [-0.15, -0.1) is 11.3 Å². The predicted molar refractivity (Wildman–Crippen MR) is 55.7 cm³/mol. The van der Waals surface area contributed by atoms with Crippen molar-refractivity contribution < 1.29 is 0 Å². The number of anilines is 1. The van der Waals surface area contributed by atoms with E-state index in [4.69, 9.17) is 11.0 Å². The maximum atomic E-state index is 8.85. The third kappa shape index (κ3) is 1.16. The van der Waals surface area contributed by atoms with Crippen LogP contribution < -0.4 is 5.73 Å². The van der Waals surface area contributed by atoms with E-state index in [1.54, 1.807) is 0 Å². The molecule has 0 aliphatic heterocycles. The summed E-state index contributed by atoms with van der Waals surface area (Å²) in [6.07, 6.45) is 0. The molecule has 3 heteroatoms. The molecular formula is C10H8N2S. The van der Waals surface area contributed by atoms with Crippen LogP contribution in [0.15, 0.2) is 18.2 Å². The normalized spacial score (nSPS) is 10.2. The number of nitriles is 1. The largest absolute Gasteiger partial charge is 0.391 e. The van der Waals surface area contributed by atoms with E-state index < -0.39 is 0 Å². The fraction of sp³-hybridized carbons (Fsp3) is 0.100. The smallest absolute Gasteiger partial charge is 0.0998 e. The lowest BCUT2D eigenvalue weighted by Gasteiger charge is -1.95. The highest BCUT2D eigenvalue weighted by atomic mass is 32.1. The van der Waals surface area contributed by atoms with Gasteiger partial charge in [0.25, 0.3) is 0 Å². The van der Waals surface area contributed by atoms with Gasteiger partial charge in [0.1, 0.15) is 0 Å². The number of nitrogens with two attached hydrogens (primary N) is 1. The first-order chi connectivity index (χ1) is 6.22. The molecule has 13 heavy (non-hydrogen) atoms. The summed E-state index contributed by atoms with van der Waals surface area (Å²) >= 11 is 1.53. The summed E-state index contributed by atoms with van der Waals surface area (Å²) in [5.41, 5.74) is 7.57. The summed E-state index contributed by atoms with van der Waals surface area (Å²) in [6, 6.07) is 7.82. The average molecular weight is 188 g/mol. The minimum atomic E-state index is 0.702. The van der Waals surface area contributed by atoms with Gasteiger partial charge in [0, 0.05) is 10.1 Å². The van der Waals surface area contributed by atoms with Gasteiger partial charge >= 0.3 is 0 Å². The number of thiophene rings is 1. The molecule has 0 aliphatic carbocycles. The quantitative estimate of drug-likeness (QED) is 0.691. The number of hydrogen-bond donors (Lipinski definition) is 1. The van der Waals surface area contributed by atoms with E-state index in [1.165, 1.54) is 16.9 Å². The third-order valence-corrected chi connectivity index (χ3v) is 3.12. The Bertz CT molecular complexity index is 505. The molecule has 0 amide bonds. The second-order valence-electron chi connectivity index (χ2n) is 2.93. The number of rotatable bonds is 0. The first-order valence-electron chi connectivity index (χ1n) is 3.91. The SMILES string of the molecule is Cc1ccc(C#N)c2cc(N)sc12. The number of benzene rings is 1. The highest BCUT2D eigenvalue weighted by molar-refractivity contribution is 7.22. The first kappa shape index (κ1) is 8.09. The molecule has 2 aromatic rings. The van der Waals surface area contributed by atoms with Crippen molar-refractivity contribution in [2.45, 2.75) is 6.92 Å². The lowest BCUT2D eigenvalue weighted by atomic mass is 10.1. The van der Waals surface area contributed by atoms with Crippen LogP contribution in [0.2, 0.25) is 0 Å². The number of nitrogens with zero attached hydrogens (tertiary/aromatic N) is 1. The molecule has 2 N–H and O–H groups in total. The number of fused-ring (bicyclic) bond motifs is 1. The second-order valence-corrected chi connectivity index (χ2v) is 4.02. The monoisotopic (exact) mass is 188 g/mol. The molecule has 0 aliphatic rings. The summed E-state index contributed by atoms with van der Waals surface area (Å²) in [5.74, 6) is 0. The van der Waals surface area contributed by atoms with Crippen molar-refractivity contribution in [2.24, 2.45) is 0 Å². The van der Waals surface area contributed by atoms with Crippen LogP contribution in [-0.2, 0) is 0 Å². The summed E-state index contributed by atoms with van der Waals surface area (Å²) in [4.78, 5) is 0. The van der Waals surface area contributed by atoms with E-state index in [0.717, 1.165) is 15.1 Å². The van der Waals surface area contributed by atoms with Gasteiger partial charge in [0.2, 0.25) is 0 Å². The van der Waals surface area contributed by atoms with Crippen molar-refractivity contribution in [3.8, 4) is 6.07 Å². The van der Waals surface area contributed by atoms with E-state index >= 15 is 0 Å². The van der Waals surface area contributed by atoms with Crippen LogP contribution in [0.25, 0.3) is 10.1 Å². The predicted octanol–water partition coefficient (Wildman–Crippen LogP) is 2.66. The molecule has 1 aromatic heterocycles. The average Bonchev–Trinajstić information content (AvgIpc) is 2.48. The number of hydrogen-bond acceptors (Lipinski definition) is 3. The van der Waals surface area contributed by atoms with Crippen molar-refractivity contribution in [2.75, 3.05) is 5.73 Å². The minimum Gasteiger partial charge on any atom is -0.391 e.